The quantitative estimate of drug-likeness (QED) is 0.828. The highest BCUT2D eigenvalue weighted by molar-refractivity contribution is 5.92. The third-order valence-corrected chi connectivity index (χ3v) is 5.81. The predicted molar refractivity (Wildman–Crippen MR) is 97.7 cm³/mol. The third-order valence-electron chi connectivity index (χ3n) is 5.81. The molecule has 1 aromatic rings. The highest BCUT2D eigenvalue weighted by atomic mass is 16.2. The minimum Gasteiger partial charge on any atom is -0.339 e. The number of carbonyl (C=O) groups excluding carboxylic acids is 2. The van der Waals surface area contributed by atoms with Crippen LogP contribution in [0.2, 0.25) is 0 Å². The molecule has 0 radical (unpaired) electrons. The van der Waals surface area contributed by atoms with Crippen LogP contribution in [-0.4, -0.2) is 89.9 Å². The van der Waals surface area contributed by atoms with Gasteiger partial charge < -0.3 is 15.1 Å². The smallest absolute Gasteiger partial charge is 0.272 e. The van der Waals surface area contributed by atoms with E-state index in [0.717, 1.165) is 52.1 Å². The Morgan fingerprint density at radius 3 is 2.69 bits per heavy atom. The summed E-state index contributed by atoms with van der Waals surface area (Å²) in [5.74, 6) is 0.677. The lowest BCUT2D eigenvalue weighted by atomic mass is 9.95. The van der Waals surface area contributed by atoms with Crippen molar-refractivity contribution in [3.63, 3.8) is 0 Å². The van der Waals surface area contributed by atoms with Crippen molar-refractivity contribution in [2.75, 3.05) is 52.4 Å². The molecule has 0 aromatic carbocycles. The summed E-state index contributed by atoms with van der Waals surface area (Å²) >= 11 is 0. The van der Waals surface area contributed by atoms with E-state index in [1.165, 1.54) is 0 Å². The Morgan fingerprint density at radius 1 is 1.08 bits per heavy atom. The molecule has 7 heteroatoms. The minimum atomic E-state index is 0.0118. The van der Waals surface area contributed by atoms with Crippen molar-refractivity contribution in [2.45, 2.75) is 18.9 Å². The van der Waals surface area contributed by atoms with Gasteiger partial charge in [0.25, 0.3) is 5.91 Å². The van der Waals surface area contributed by atoms with Crippen LogP contribution in [0.3, 0.4) is 0 Å². The number of nitrogens with one attached hydrogen (secondary N) is 1. The maximum Gasteiger partial charge on any atom is 0.272 e. The zero-order valence-electron chi connectivity index (χ0n) is 15.1. The van der Waals surface area contributed by atoms with Crippen LogP contribution in [0.15, 0.2) is 24.4 Å². The Hall–Kier alpha value is -1.99. The average molecular weight is 357 g/mol. The van der Waals surface area contributed by atoms with E-state index in [2.05, 4.69) is 15.2 Å². The number of nitrogens with zero attached hydrogens (tertiary/aromatic N) is 4. The van der Waals surface area contributed by atoms with Crippen LogP contribution < -0.4 is 5.32 Å². The molecule has 5 heterocycles. The number of piperidine rings is 1. The van der Waals surface area contributed by atoms with Gasteiger partial charge in [-0.05, 0) is 30.9 Å². The van der Waals surface area contributed by atoms with Gasteiger partial charge in [-0.1, -0.05) is 6.07 Å². The molecule has 4 fully saturated rings. The summed E-state index contributed by atoms with van der Waals surface area (Å²) in [5.41, 5.74) is 0.511. The Labute approximate surface area is 154 Å². The third kappa shape index (κ3) is 3.73. The van der Waals surface area contributed by atoms with E-state index in [9.17, 15) is 9.59 Å². The number of fused-ring (bicyclic) bond motifs is 4. The van der Waals surface area contributed by atoms with Gasteiger partial charge in [-0.15, -0.1) is 0 Å². The lowest BCUT2D eigenvalue weighted by Gasteiger charge is -2.37. The van der Waals surface area contributed by atoms with E-state index in [0.29, 0.717) is 24.7 Å². The molecule has 5 rings (SSSR count). The first-order valence-electron chi connectivity index (χ1n) is 9.63. The Morgan fingerprint density at radius 2 is 1.92 bits per heavy atom. The molecular weight excluding hydrogens is 330 g/mol. The fourth-order valence-electron chi connectivity index (χ4n) is 4.38. The maximum absolute atomic E-state index is 12.8. The molecule has 0 saturated carbocycles. The van der Waals surface area contributed by atoms with Crippen LogP contribution in [0, 0.1) is 5.92 Å². The van der Waals surface area contributed by atoms with Crippen molar-refractivity contribution in [3.8, 4) is 0 Å². The van der Waals surface area contributed by atoms with E-state index < -0.39 is 0 Å². The van der Waals surface area contributed by atoms with E-state index >= 15 is 0 Å². The van der Waals surface area contributed by atoms with Gasteiger partial charge in [0.2, 0.25) is 5.91 Å². The number of rotatable bonds is 3. The number of carbonyl (C=O) groups is 2. The van der Waals surface area contributed by atoms with Gasteiger partial charge in [-0.2, -0.15) is 0 Å². The molecule has 2 unspecified atom stereocenters. The summed E-state index contributed by atoms with van der Waals surface area (Å²) in [6.07, 6.45) is 3.86. The first-order chi connectivity index (χ1) is 12.7. The molecule has 1 N–H and O–H groups in total. The fraction of sp³-hybridized carbons (Fsp3) is 0.632. The molecule has 2 amide bonds. The maximum atomic E-state index is 12.8. The number of hydrogen-bond donors (Lipinski definition) is 1. The second-order valence-corrected chi connectivity index (χ2v) is 7.58. The normalized spacial score (nSPS) is 26.6. The van der Waals surface area contributed by atoms with E-state index in [-0.39, 0.29) is 17.9 Å². The van der Waals surface area contributed by atoms with E-state index in [1.807, 2.05) is 21.9 Å². The van der Waals surface area contributed by atoms with Crippen LogP contribution in [0.5, 0.6) is 0 Å². The van der Waals surface area contributed by atoms with Crippen molar-refractivity contribution in [3.05, 3.63) is 30.1 Å². The molecule has 140 valence electrons. The molecule has 2 bridgehead atoms. The number of hydrogen-bond acceptors (Lipinski definition) is 5. The molecule has 4 aliphatic rings. The molecule has 26 heavy (non-hydrogen) atoms. The van der Waals surface area contributed by atoms with Crippen LogP contribution in [0.4, 0.5) is 0 Å². The van der Waals surface area contributed by atoms with Crippen LogP contribution in [0.1, 0.15) is 23.3 Å². The SMILES string of the molecule is O=C(CN1CC2CCC1CN(C(=O)c1ccccn1)C2)N1CCNCC1. The Kier molecular flexibility index (Phi) is 5.17. The molecule has 1 aromatic heterocycles. The number of piperazine rings is 1. The number of amides is 2. The zero-order chi connectivity index (χ0) is 17.9. The zero-order valence-corrected chi connectivity index (χ0v) is 15.1. The molecule has 7 nitrogen and oxygen atoms in total. The molecule has 0 aliphatic carbocycles. The van der Waals surface area contributed by atoms with Gasteiger partial charge in [0.15, 0.2) is 0 Å². The van der Waals surface area contributed by atoms with Gasteiger partial charge in [-0.25, -0.2) is 0 Å². The fourth-order valence-corrected chi connectivity index (χ4v) is 4.38. The molecular formula is C19H27N5O2. The molecule has 2 atom stereocenters. The summed E-state index contributed by atoms with van der Waals surface area (Å²) in [5, 5.41) is 3.29. The molecule has 4 aliphatic heterocycles. The first-order valence-corrected chi connectivity index (χ1v) is 9.63. The van der Waals surface area contributed by atoms with Crippen molar-refractivity contribution in [1.82, 2.24) is 25.0 Å². The average Bonchev–Trinajstić information content (AvgIpc) is 3.00. The summed E-state index contributed by atoms with van der Waals surface area (Å²) in [4.78, 5) is 35.9. The number of aromatic nitrogens is 1. The summed E-state index contributed by atoms with van der Waals surface area (Å²) in [7, 11) is 0. The highest BCUT2D eigenvalue weighted by Crippen LogP contribution is 2.28. The van der Waals surface area contributed by atoms with Crippen molar-refractivity contribution in [1.29, 1.82) is 0 Å². The standard InChI is InChI=1S/C19H27N5O2/c25-18(22-9-7-20-8-10-22)14-23-11-15-4-5-16(23)13-24(12-15)19(26)17-3-1-2-6-21-17/h1-3,6,15-16,20H,4-5,7-14H2. The van der Waals surface area contributed by atoms with Crippen molar-refractivity contribution >= 4 is 11.8 Å². The van der Waals surface area contributed by atoms with E-state index in [4.69, 9.17) is 0 Å². The van der Waals surface area contributed by atoms with Gasteiger partial charge in [0.05, 0.1) is 6.54 Å². The predicted octanol–water partition coefficient (Wildman–Crippen LogP) is 0.0498. The molecule has 4 saturated heterocycles. The largest absolute Gasteiger partial charge is 0.339 e. The van der Waals surface area contributed by atoms with Gasteiger partial charge in [0.1, 0.15) is 5.69 Å². The highest BCUT2D eigenvalue weighted by Gasteiger charge is 2.38. The van der Waals surface area contributed by atoms with Crippen LogP contribution >= 0.6 is 0 Å². The first kappa shape index (κ1) is 17.4. The second-order valence-electron chi connectivity index (χ2n) is 7.58. The van der Waals surface area contributed by atoms with Crippen molar-refractivity contribution in [2.24, 2.45) is 5.92 Å². The number of pyridine rings is 1. The summed E-state index contributed by atoms with van der Waals surface area (Å²) in [6, 6.07) is 5.73. The lowest BCUT2D eigenvalue weighted by Crippen LogP contribution is -2.53. The van der Waals surface area contributed by atoms with E-state index in [1.54, 1.807) is 12.3 Å². The topological polar surface area (TPSA) is 68.8 Å². The minimum absolute atomic E-state index is 0.0118. The monoisotopic (exact) mass is 357 g/mol. The Bertz CT molecular complexity index is 647. The Balaban J connectivity index is 1.41. The molecule has 0 spiro atoms. The van der Waals surface area contributed by atoms with Gasteiger partial charge >= 0.3 is 0 Å². The van der Waals surface area contributed by atoms with Crippen LogP contribution in [0.25, 0.3) is 0 Å². The summed E-state index contributed by atoms with van der Waals surface area (Å²) < 4.78 is 0. The lowest BCUT2D eigenvalue weighted by molar-refractivity contribution is -0.134. The van der Waals surface area contributed by atoms with Crippen LogP contribution in [-0.2, 0) is 4.79 Å². The van der Waals surface area contributed by atoms with Gasteiger partial charge in [-0.3, -0.25) is 19.5 Å². The summed E-state index contributed by atoms with van der Waals surface area (Å²) in [6.45, 7) is 6.21. The van der Waals surface area contributed by atoms with Crippen molar-refractivity contribution < 1.29 is 9.59 Å². The van der Waals surface area contributed by atoms with Gasteiger partial charge in [0, 0.05) is 58.1 Å². The second kappa shape index (κ2) is 7.72.